The van der Waals surface area contributed by atoms with E-state index in [9.17, 15) is 0 Å². The van der Waals surface area contributed by atoms with Gasteiger partial charge in [0, 0.05) is 5.03 Å². The fraction of sp³-hybridized carbons (Fsp3) is 0.467. The lowest BCUT2D eigenvalue weighted by atomic mass is 10.0. The number of halogens is 1. The molecule has 0 spiro atoms. The highest BCUT2D eigenvalue weighted by Gasteiger charge is 1.96. The van der Waals surface area contributed by atoms with Crippen molar-refractivity contribution in [1.82, 2.24) is 0 Å². The van der Waals surface area contributed by atoms with Crippen molar-refractivity contribution in [3.8, 4) is 0 Å². The Balaban J connectivity index is 4.13. The third-order valence-electron chi connectivity index (χ3n) is 2.39. The molecule has 0 aromatic carbocycles. The molecule has 1 unspecified atom stereocenters. The summed E-state index contributed by atoms with van der Waals surface area (Å²) in [6.45, 7) is 10.1. The number of allylic oxidation sites excluding steroid dienone is 7. The molecule has 0 fully saturated rings. The lowest BCUT2D eigenvalue weighted by Crippen LogP contribution is -1.88. The quantitative estimate of drug-likeness (QED) is 0.399. The van der Waals surface area contributed by atoms with Crippen LogP contribution >= 0.6 is 11.6 Å². The van der Waals surface area contributed by atoms with Gasteiger partial charge in [-0.1, -0.05) is 55.8 Å². The molecule has 0 nitrogen and oxygen atoms in total. The monoisotopic (exact) mass is 238 g/mol. The second-order valence-electron chi connectivity index (χ2n) is 3.94. The molecule has 16 heavy (non-hydrogen) atoms. The summed E-state index contributed by atoms with van der Waals surface area (Å²) in [4.78, 5) is 0. The minimum absolute atomic E-state index is 0.505. The minimum atomic E-state index is 0.505. The van der Waals surface area contributed by atoms with Gasteiger partial charge in [0.2, 0.25) is 0 Å². The molecule has 0 aromatic rings. The first-order valence-corrected chi connectivity index (χ1v) is 6.30. The van der Waals surface area contributed by atoms with Gasteiger partial charge in [0.05, 0.1) is 0 Å². The van der Waals surface area contributed by atoms with Crippen molar-refractivity contribution >= 4 is 11.6 Å². The fourth-order valence-corrected chi connectivity index (χ4v) is 1.59. The van der Waals surface area contributed by atoms with E-state index in [-0.39, 0.29) is 0 Å². The summed E-state index contributed by atoms with van der Waals surface area (Å²) >= 11 is 5.99. The summed E-state index contributed by atoms with van der Waals surface area (Å²) < 4.78 is 0. The average Bonchev–Trinajstić information content (AvgIpc) is 2.27. The molecule has 90 valence electrons. The van der Waals surface area contributed by atoms with E-state index in [2.05, 4.69) is 51.7 Å². The SMILES string of the molecule is C=CCC(/C=C\CC(C)/C=C(/Cl)CC)=C/C. The van der Waals surface area contributed by atoms with Gasteiger partial charge in [0.25, 0.3) is 0 Å². The van der Waals surface area contributed by atoms with E-state index >= 15 is 0 Å². The highest BCUT2D eigenvalue weighted by Crippen LogP contribution is 2.14. The Kier molecular flexibility index (Phi) is 9.03. The lowest BCUT2D eigenvalue weighted by molar-refractivity contribution is 0.738. The first-order chi connectivity index (χ1) is 7.63. The van der Waals surface area contributed by atoms with Crippen molar-refractivity contribution in [3.63, 3.8) is 0 Å². The summed E-state index contributed by atoms with van der Waals surface area (Å²) in [6, 6.07) is 0. The molecule has 0 rings (SSSR count). The van der Waals surface area contributed by atoms with E-state index in [1.54, 1.807) is 0 Å². The van der Waals surface area contributed by atoms with Crippen LogP contribution in [0.1, 0.15) is 40.0 Å². The zero-order valence-corrected chi connectivity index (χ0v) is 11.4. The van der Waals surface area contributed by atoms with Crippen LogP contribution in [0.4, 0.5) is 0 Å². The van der Waals surface area contributed by atoms with Crippen LogP contribution in [0, 0.1) is 5.92 Å². The molecule has 0 N–H and O–H groups in total. The van der Waals surface area contributed by atoms with Crippen LogP contribution in [0.25, 0.3) is 0 Å². The highest BCUT2D eigenvalue weighted by atomic mass is 35.5. The molecular formula is C15H23Cl. The van der Waals surface area contributed by atoms with E-state index < -0.39 is 0 Å². The van der Waals surface area contributed by atoms with Crippen LogP contribution in [-0.2, 0) is 0 Å². The summed E-state index contributed by atoms with van der Waals surface area (Å²) in [6.07, 6.45) is 13.5. The Bertz CT molecular complexity index is 282. The molecule has 0 aliphatic rings. The van der Waals surface area contributed by atoms with Gasteiger partial charge in [0.15, 0.2) is 0 Å². The molecule has 1 atom stereocenters. The Morgan fingerprint density at radius 1 is 1.44 bits per heavy atom. The van der Waals surface area contributed by atoms with Crippen molar-refractivity contribution in [2.45, 2.75) is 40.0 Å². The molecule has 0 aromatic heterocycles. The van der Waals surface area contributed by atoms with Crippen molar-refractivity contribution in [3.05, 3.63) is 47.6 Å². The normalized spacial score (nSPS) is 15.5. The molecule has 0 saturated carbocycles. The van der Waals surface area contributed by atoms with Crippen molar-refractivity contribution < 1.29 is 0 Å². The second-order valence-corrected chi connectivity index (χ2v) is 4.42. The van der Waals surface area contributed by atoms with Crippen molar-refractivity contribution in [2.75, 3.05) is 0 Å². The first kappa shape index (κ1) is 15.2. The molecule has 0 amide bonds. The predicted octanol–water partition coefficient (Wildman–Crippen LogP) is 5.62. The van der Waals surface area contributed by atoms with Crippen molar-refractivity contribution in [2.24, 2.45) is 5.92 Å². The molecule has 0 aliphatic heterocycles. The maximum absolute atomic E-state index is 5.99. The summed E-state index contributed by atoms with van der Waals surface area (Å²) in [5.74, 6) is 0.505. The standard InChI is InChI=1S/C15H23Cl/c1-5-9-14(6-2)11-8-10-13(4)12-15(16)7-3/h5-6,8,11-13H,1,7,9-10H2,2-4H3/b11-8-,14-6-,15-12+. The second kappa shape index (κ2) is 9.47. The molecule has 1 heteroatoms. The minimum Gasteiger partial charge on any atom is -0.103 e. The van der Waals surface area contributed by atoms with E-state index in [1.807, 2.05) is 6.08 Å². The van der Waals surface area contributed by atoms with Gasteiger partial charge in [-0.25, -0.2) is 0 Å². The van der Waals surface area contributed by atoms with Gasteiger partial charge >= 0.3 is 0 Å². The fourth-order valence-electron chi connectivity index (χ4n) is 1.38. The van der Waals surface area contributed by atoms with Gasteiger partial charge in [-0.3, -0.25) is 0 Å². The number of rotatable bonds is 7. The Hall–Kier alpha value is -0.750. The summed E-state index contributed by atoms with van der Waals surface area (Å²) in [5, 5.41) is 0.957. The molecule has 0 radical (unpaired) electrons. The summed E-state index contributed by atoms with van der Waals surface area (Å²) in [7, 11) is 0. The molecule has 0 heterocycles. The first-order valence-electron chi connectivity index (χ1n) is 5.92. The van der Waals surface area contributed by atoms with Gasteiger partial charge < -0.3 is 0 Å². The molecule has 0 aliphatic carbocycles. The predicted molar refractivity (Wildman–Crippen MR) is 75.7 cm³/mol. The van der Waals surface area contributed by atoms with Crippen LogP contribution in [-0.4, -0.2) is 0 Å². The maximum atomic E-state index is 5.99. The third kappa shape index (κ3) is 7.53. The average molecular weight is 239 g/mol. The van der Waals surface area contributed by atoms with E-state index in [0.717, 1.165) is 24.3 Å². The van der Waals surface area contributed by atoms with Crippen LogP contribution in [0.5, 0.6) is 0 Å². The largest absolute Gasteiger partial charge is 0.103 e. The third-order valence-corrected chi connectivity index (χ3v) is 2.79. The number of hydrogen-bond donors (Lipinski definition) is 0. The highest BCUT2D eigenvalue weighted by molar-refractivity contribution is 6.29. The van der Waals surface area contributed by atoms with Crippen LogP contribution in [0.2, 0.25) is 0 Å². The topological polar surface area (TPSA) is 0 Å². The van der Waals surface area contributed by atoms with Crippen LogP contribution in [0.15, 0.2) is 47.6 Å². The maximum Gasteiger partial charge on any atom is 0.0141 e. The Labute approximate surface area is 105 Å². The smallest absolute Gasteiger partial charge is 0.0141 e. The van der Waals surface area contributed by atoms with Gasteiger partial charge in [-0.15, -0.1) is 6.58 Å². The van der Waals surface area contributed by atoms with E-state index in [1.165, 1.54) is 5.57 Å². The number of hydrogen-bond acceptors (Lipinski definition) is 0. The van der Waals surface area contributed by atoms with E-state index in [4.69, 9.17) is 11.6 Å². The lowest BCUT2D eigenvalue weighted by Gasteiger charge is -2.03. The van der Waals surface area contributed by atoms with E-state index in [0.29, 0.717) is 5.92 Å². The van der Waals surface area contributed by atoms with Crippen molar-refractivity contribution in [1.29, 1.82) is 0 Å². The van der Waals surface area contributed by atoms with Gasteiger partial charge in [-0.2, -0.15) is 0 Å². The van der Waals surface area contributed by atoms with Crippen LogP contribution in [0.3, 0.4) is 0 Å². The summed E-state index contributed by atoms with van der Waals surface area (Å²) in [5.41, 5.74) is 1.31. The van der Waals surface area contributed by atoms with Crippen LogP contribution < -0.4 is 0 Å². The Morgan fingerprint density at radius 2 is 2.12 bits per heavy atom. The molecule has 0 saturated heterocycles. The molecular weight excluding hydrogens is 216 g/mol. The van der Waals surface area contributed by atoms with Gasteiger partial charge in [0.1, 0.15) is 0 Å². The molecule has 0 bridgehead atoms. The zero-order chi connectivity index (χ0) is 12.4. The zero-order valence-electron chi connectivity index (χ0n) is 10.7. The van der Waals surface area contributed by atoms with Gasteiger partial charge in [-0.05, 0) is 37.7 Å². The Morgan fingerprint density at radius 3 is 2.62 bits per heavy atom.